The molecule has 5 heteroatoms. The summed E-state index contributed by atoms with van der Waals surface area (Å²) in [5.74, 6) is 1.22. The fraction of sp³-hybridized carbons (Fsp3) is 0.333. The van der Waals surface area contributed by atoms with Crippen molar-refractivity contribution < 1.29 is 4.39 Å². The van der Waals surface area contributed by atoms with Gasteiger partial charge in [-0.2, -0.15) is 0 Å². The molecule has 0 aliphatic carbocycles. The molecule has 0 saturated carbocycles. The molecule has 2 rings (SSSR count). The van der Waals surface area contributed by atoms with E-state index in [1.807, 2.05) is 13.8 Å². The van der Waals surface area contributed by atoms with Crippen LogP contribution in [0.3, 0.4) is 0 Å². The quantitative estimate of drug-likeness (QED) is 0.850. The van der Waals surface area contributed by atoms with Gasteiger partial charge in [0.15, 0.2) is 0 Å². The summed E-state index contributed by atoms with van der Waals surface area (Å²) < 4.78 is 12.9. The Labute approximate surface area is 123 Å². The fourth-order valence-electron chi connectivity index (χ4n) is 1.97. The number of nitrogens with zero attached hydrogens (tertiary/aromatic N) is 2. The third kappa shape index (κ3) is 4.17. The first-order valence-corrected chi connectivity index (χ1v) is 6.99. The smallest absolute Gasteiger partial charge is 0.134 e. The number of aromatic nitrogens is 2. The predicted molar refractivity (Wildman–Crippen MR) is 79.6 cm³/mol. The Morgan fingerprint density at radius 2 is 1.95 bits per heavy atom. The molecule has 1 aromatic heterocycles. The van der Waals surface area contributed by atoms with Crippen LogP contribution in [0.15, 0.2) is 30.3 Å². The van der Waals surface area contributed by atoms with Gasteiger partial charge < -0.3 is 5.32 Å². The molecule has 1 N–H and O–H groups in total. The third-order valence-electron chi connectivity index (χ3n) is 2.91. The van der Waals surface area contributed by atoms with Crippen molar-refractivity contribution in [2.24, 2.45) is 0 Å². The van der Waals surface area contributed by atoms with Crippen LogP contribution in [0.25, 0.3) is 0 Å². The first-order chi connectivity index (χ1) is 9.56. The minimum Gasteiger partial charge on any atom is -0.367 e. The summed E-state index contributed by atoms with van der Waals surface area (Å²) in [4.78, 5) is 8.51. The monoisotopic (exact) mass is 293 g/mol. The molecule has 3 nitrogen and oxygen atoms in total. The van der Waals surface area contributed by atoms with E-state index in [-0.39, 0.29) is 11.9 Å². The molecule has 0 saturated heterocycles. The van der Waals surface area contributed by atoms with Gasteiger partial charge in [-0.05, 0) is 31.0 Å². The van der Waals surface area contributed by atoms with Gasteiger partial charge in [0.1, 0.15) is 22.6 Å². The van der Waals surface area contributed by atoms with Crippen LogP contribution < -0.4 is 5.32 Å². The van der Waals surface area contributed by atoms with Crippen LogP contribution in [-0.2, 0) is 12.8 Å². The Hall–Kier alpha value is -1.68. The normalized spacial score (nSPS) is 12.2. The molecule has 0 aliphatic rings. The van der Waals surface area contributed by atoms with E-state index >= 15 is 0 Å². The first-order valence-electron chi connectivity index (χ1n) is 6.61. The van der Waals surface area contributed by atoms with Gasteiger partial charge in [0.2, 0.25) is 0 Å². The van der Waals surface area contributed by atoms with Crippen molar-refractivity contribution in [3.63, 3.8) is 0 Å². The molecule has 0 fully saturated rings. The second-order valence-electron chi connectivity index (χ2n) is 4.72. The number of benzene rings is 1. The molecule has 1 aromatic carbocycles. The zero-order valence-corrected chi connectivity index (χ0v) is 12.3. The summed E-state index contributed by atoms with van der Waals surface area (Å²) in [6.07, 6.45) is 1.52. The van der Waals surface area contributed by atoms with Crippen molar-refractivity contribution in [1.29, 1.82) is 0 Å². The Bertz CT molecular complexity index is 572. The van der Waals surface area contributed by atoms with Crippen LogP contribution in [0.5, 0.6) is 0 Å². The molecule has 1 heterocycles. The van der Waals surface area contributed by atoms with Crippen molar-refractivity contribution in [1.82, 2.24) is 9.97 Å². The molecular weight excluding hydrogens is 277 g/mol. The van der Waals surface area contributed by atoms with Crippen LogP contribution in [-0.4, -0.2) is 16.0 Å². The first kappa shape index (κ1) is 14.7. The number of hydrogen-bond donors (Lipinski definition) is 1. The molecule has 0 amide bonds. The fourth-order valence-corrected chi connectivity index (χ4v) is 2.18. The number of halogens is 2. The van der Waals surface area contributed by atoms with Gasteiger partial charge in [0.25, 0.3) is 0 Å². The topological polar surface area (TPSA) is 37.8 Å². The third-order valence-corrected chi connectivity index (χ3v) is 3.10. The molecule has 0 aliphatic heterocycles. The van der Waals surface area contributed by atoms with Crippen LogP contribution in [0.1, 0.15) is 25.2 Å². The minimum absolute atomic E-state index is 0.163. The van der Waals surface area contributed by atoms with E-state index in [1.165, 1.54) is 12.1 Å². The molecule has 1 atom stereocenters. The van der Waals surface area contributed by atoms with Crippen molar-refractivity contribution in [2.75, 3.05) is 5.32 Å². The Morgan fingerprint density at radius 3 is 2.60 bits per heavy atom. The summed E-state index contributed by atoms with van der Waals surface area (Å²) in [6, 6.07) is 8.39. The molecule has 1 unspecified atom stereocenters. The Kier molecular flexibility index (Phi) is 4.90. The molecule has 0 bridgehead atoms. The van der Waals surface area contributed by atoms with Gasteiger partial charge in [-0.1, -0.05) is 30.7 Å². The average molecular weight is 294 g/mol. The van der Waals surface area contributed by atoms with Crippen molar-refractivity contribution >= 4 is 17.4 Å². The number of rotatable bonds is 5. The maximum absolute atomic E-state index is 12.9. The highest BCUT2D eigenvalue weighted by Crippen LogP contribution is 2.14. The molecule has 2 aromatic rings. The van der Waals surface area contributed by atoms with Crippen molar-refractivity contribution in [3.05, 3.63) is 52.7 Å². The van der Waals surface area contributed by atoms with E-state index in [1.54, 1.807) is 18.2 Å². The molecule has 20 heavy (non-hydrogen) atoms. The summed E-state index contributed by atoms with van der Waals surface area (Å²) in [7, 11) is 0. The lowest BCUT2D eigenvalue weighted by Gasteiger charge is -2.15. The summed E-state index contributed by atoms with van der Waals surface area (Å²) in [6.45, 7) is 4.03. The van der Waals surface area contributed by atoms with Gasteiger partial charge >= 0.3 is 0 Å². The van der Waals surface area contributed by atoms with E-state index in [4.69, 9.17) is 11.6 Å². The average Bonchev–Trinajstić information content (AvgIpc) is 2.40. The maximum atomic E-state index is 12.9. The van der Waals surface area contributed by atoms with E-state index in [9.17, 15) is 4.39 Å². The molecular formula is C15H17ClFN3. The highest BCUT2D eigenvalue weighted by Gasteiger charge is 2.07. The minimum atomic E-state index is -0.218. The highest BCUT2D eigenvalue weighted by atomic mass is 35.5. The molecule has 106 valence electrons. The summed E-state index contributed by atoms with van der Waals surface area (Å²) in [5.41, 5.74) is 1.07. The number of hydrogen-bond acceptors (Lipinski definition) is 3. The zero-order chi connectivity index (χ0) is 14.5. The largest absolute Gasteiger partial charge is 0.367 e. The summed E-state index contributed by atoms with van der Waals surface area (Å²) >= 11 is 5.96. The van der Waals surface area contributed by atoms with Gasteiger partial charge in [-0.15, -0.1) is 0 Å². The SMILES string of the molecule is CCc1nc(Cl)cc(NC(C)Cc2ccc(F)cc2)n1. The molecule has 0 radical (unpaired) electrons. The number of aryl methyl sites for hydroxylation is 1. The van der Waals surface area contributed by atoms with E-state index in [0.717, 1.165) is 24.2 Å². The van der Waals surface area contributed by atoms with Gasteiger partial charge in [-0.3, -0.25) is 0 Å². The van der Waals surface area contributed by atoms with Crippen LogP contribution in [0.4, 0.5) is 10.2 Å². The van der Waals surface area contributed by atoms with Crippen LogP contribution in [0.2, 0.25) is 5.15 Å². The van der Waals surface area contributed by atoms with Crippen LogP contribution in [0, 0.1) is 5.82 Å². The van der Waals surface area contributed by atoms with Crippen molar-refractivity contribution in [2.45, 2.75) is 32.7 Å². The highest BCUT2D eigenvalue weighted by molar-refractivity contribution is 6.29. The van der Waals surface area contributed by atoms with Crippen molar-refractivity contribution in [3.8, 4) is 0 Å². The Morgan fingerprint density at radius 1 is 1.25 bits per heavy atom. The summed E-state index contributed by atoms with van der Waals surface area (Å²) in [5, 5.41) is 3.73. The second-order valence-corrected chi connectivity index (χ2v) is 5.11. The lowest BCUT2D eigenvalue weighted by atomic mass is 10.1. The lowest BCUT2D eigenvalue weighted by molar-refractivity contribution is 0.626. The van der Waals surface area contributed by atoms with Gasteiger partial charge in [-0.25, -0.2) is 14.4 Å². The predicted octanol–water partition coefficient (Wildman–Crippen LogP) is 3.87. The molecule has 0 spiro atoms. The zero-order valence-electron chi connectivity index (χ0n) is 11.5. The maximum Gasteiger partial charge on any atom is 0.134 e. The number of anilines is 1. The van der Waals surface area contributed by atoms with Crippen LogP contribution >= 0.6 is 11.6 Å². The number of nitrogens with one attached hydrogen (secondary N) is 1. The van der Waals surface area contributed by atoms with Gasteiger partial charge in [0, 0.05) is 18.5 Å². The van der Waals surface area contributed by atoms with E-state index < -0.39 is 0 Å². The Balaban J connectivity index is 2.02. The van der Waals surface area contributed by atoms with Gasteiger partial charge in [0.05, 0.1) is 0 Å². The second kappa shape index (κ2) is 6.66. The van der Waals surface area contributed by atoms with E-state index in [0.29, 0.717) is 11.0 Å². The lowest BCUT2D eigenvalue weighted by Crippen LogP contribution is -2.19. The van der Waals surface area contributed by atoms with E-state index in [2.05, 4.69) is 15.3 Å². The standard InChI is InChI=1S/C15H17ClFN3/c1-3-14-19-13(16)9-15(20-14)18-10(2)8-11-4-6-12(17)7-5-11/h4-7,9-10H,3,8H2,1-2H3,(H,18,19,20).